The van der Waals surface area contributed by atoms with Gasteiger partial charge in [-0.1, -0.05) is 18.3 Å². The van der Waals surface area contributed by atoms with Crippen molar-refractivity contribution in [1.82, 2.24) is 9.88 Å². The zero-order valence-corrected chi connectivity index (χ0v) is 11.0. The first-order chi connectivity index (χ1) is 9.02. The zero-order chi connectivity index (χ0) is 14.0. The monoisotopic (exact) mass is 280 g/mol. The third kappa shape index (κ3) is 2.70. The van der Waals surface area contributed by atoms with E-state index in [0.29, 0.717) is 5.03 Å². The number of hydrogen-bond acceptors (Lipinski definition) is 5. The summed E-state index contributed by atoms with van der Waals surface area (Å²) in [6.07, 6.45) is 1.33. The largest absolute Gasteiger partial charge is 0.462 e. The summed E-state index contributed by atoms with van der Waals surface area (Å²) >= 11 is 1.13. The number of carbonyl (C=O) groups is 2. The lowest BCUT2D eigenvalue weighted by molar-refractivity contribution is -0.120. The third-order valence-electron chi connectivity index (χ3n) is 2.44. The van der Waals surface area contributed by atoms with Crippen molar-refractivity contribution in [3.63, 3.8) is 0 Å². The lowest BCUT2D eigenvalue weighted by Gasteiger charge is -2.11. The topological polar surface area (TPSA) is 77.4 Å². The van der Waals surface area contributed by atoms with Crippen molar-refractivity contribution in [3.8, 4) is 0 Å². The van der Waals surface area contributed by atoms with Crippen LogP contribution in [0.1, 0.15) is 22.7 Å². The molecule has 1 aliphatic heterocycles. The maximum Gasteiger partial charge on any atom is 0.339 e. The first-order valence-corrected chi connectivity index (χ1v) is 6.46. The maximum absolute atomic E-state index is 11.8. The van der Waals surface area contributed by atoms with Crippen LogP contribution in [0.25, 0.3) is 0 Å². The molecular formula is C12H12N2O4S. The predicted octanol–water partition coefficient (Wildman–Crippen LogP) is 0.858. The van der Waals surface area contributed by atoms with E-state index in [4.69, 9.17) is 4.74 Å². The molecule has 1 N–H and O–H groups in total. The number of hydrogen-bond donors (Lipinski definition) is 1. The minimum absolute atomic E-state index is 0.229. The highest BCUT2D eigenvalue weighted by Gasteiger charge is 2.30. The van der Waals surface area contributed by atoms with Crippen molar-refractivity contribution in [3.05, 3.63) is 45.9 Å². The molecular weight excluding hydrogens is 268 g/mol. The molecule has 1 fully saturated rings. The van der Waals surface area contributed by atoms with Crippen molar-refractivity contribution >= 4 is 23.6 Å². The fourth-order valence-electron chi connectivity index (χ4n) is 1.62. The molecule has 1 aromatic heterocycles. The molecule has 6 nitrogen and oxygen atoms in total. The molecule has 19 heavy (non-hydrogen) atoms. The Morgan fingerprint density at radius 2 is 2.26 bits per heavy atom. The molecule has 1 saturated heterocycles. The van der Waals surface area contributed by atoms with Crippen LogP contribution in [0.5, 0.6) is 0 Å². The summed E-state index contributed by atoms with van der Waals surface area (Å²) in [5, 5.41) is 2.25. The van der Waals surface area contributed by atoms with Gasteiger partial charge in [0.1, 0.15) is 0 Å². The summed E-state index contributed by atoms with van der Waals surface area (Å²) in [5.41, 5.74) is -0.136. The van der Waals surface area contributed by atoms with Gasteiger partial charge in [-0.25, -0.2) is 4.79 Å². The van der Waals surface area contributed by atoms with E-state index in [1.54, 1.807) is 6.92 Å². The summed E-state index contributed by atoms with van der Waals surface area (Å²) in [7, 11) is 0. The van der Waals surface area contributed by atoms with Crippen molar-refractivity contribution in [2.24, 2.45) is 0 Å². The Balaban J connectivity index is 2.38. The highest BCUT2D eigenvalue weighted by atomic mass is 32.2. The summed E-state index contributed by atoms with van der Waals surface area (Å²) in [6.45, 7) is 5.56. The van der Waals surface area contributed by atoms with Crippen LogP contribution in [-0.2, 0) is 9.53 Å². The Bertz CT molecular complexity index is 608. The van der Waals surface area contributed by atoms with E-state index in [1.807, 2.05) is 0 Å². The van der Waals surface area contributed by atoms with Crippen molar-refractivity contribution in [2.75, 3.05) is 6.61 Å². The van der Waals surface area contributed by atoms with Gasteiger partial charge in [0.15, 0.2) is 5.37 Å². The molecule has 0 aliphatic carbocycles. The van der Waals surface area contributed by atoms with E-state index in [9.17, 15) is 14.4 Å². The summed E-state index contributed by atoms with van der Waals surface area (Å²) < 4.78 is 6.05. The molecule has 0 saturated carbocycles. The number of nitrogens with zero attached hydrogens (tertiary/aromatic N) is 1. The molecule has 1 aliphatic rings. The van der Waals surface area contributed by atoms with Gasteiger partial charge >= 0.3 is 5.97 Å². The second kappa shape index (κ2) is 5.31. The van der Waals surface area contributed by atoms with Crippen LogP contribution in [-0.4, -0.2) is 23.1 Å². The van der Waals surface area contributed by atoms with E-state index in [0.717, 1.165) is 11.8 Å². The zero-order valence-electron chi connectivity index (χ0n) is 10.2. The van der Waals surface area contributed by atoms with Crippen LogP contribution in [0.15, 0.2) is 34.7 Å². The van der Waals surface area contributed by atoms with E-state index >= 15 is 0 Å². The molecule has 1 amide bonds. The Morgan fingerprint density at radius 1 is 1.53 bits per heavy atom. The van der Waals surface area contributed by atoms with Crippen LogP contribution < -0.4 is 10.9 Å². The second-order valence-electron chi connectivity index (χ2n) is 3.77. The number of ether oxygens (including phenoxy) is 1. The Labute approximate surface area is 113 Å². The first-order valence-electron chi connectivity index (χ1n) is 5.58. The van der Waals surface area contributed by atoms with Crippen LogP contribution in [0.2, 0.25) is 0 Å². The molecule has 100 valence electrons. The minimum Gasteiger partial charge on any atom is -0.462 e. The standard InChI is InChI=1S/C12H12N2O4S/c1-3-18-12(17)8-4-5-9(15)14(6-8)11-10(16)13-7(2)19-11/h4-6,11H,2-3H2,1H3,(H,13,16). The van der Waals surface area contributed by atoms with Gasteiger partial charge in [-0.2, -0.15) is 0 Å². The van der Waals surface area contributed by atoms with Crippen molar-refractivity contribution < 1.29 is 14.3 Å². The Hall–Kier alpha value is -2.02. The number of rotatable bonds is 3. The van der Waals surface area contributed by atoms with E-state index < -0.39 is 11.3 Å². The maximum atomic E-state index is 11.8. The molecule has 0 bridgehead atoms. The number of esters is 1. The molecule has 0 aromatic carbocycles. The second-order valence-corrected chi connectivity index (χ2v) is 4.94. The van der Waals surface area contributed by atoms with Gasteiger partial charge in [-0.05, 0) is 13.0 Å². The van der Waals surface area contributed by atoms with Gasteiger partial charge in [-0.15, -0.1) is 0 Å². The summed E-state index contributed by atoms with van der Waals surface area (Å²) in [6, 6.07) is 2.62. The van der Waals surface area contributed by atoms with Gasteiger partial charge in [-0.3, -0.25) is 14.2 Å². The number of carbonyl (C=O) groups excluding carboxylic acids is 2. The molecule has 0 spiro atoms. The highest BCUT2D eigenvalue weighted by molar-refractivity contribution is 8.04. The number of pyridine rings is 1. The van der Waals surface area contributed by atoms with E-state index in [-0.39, 0.29) is 23.6 Å². The molecule has 1 unspecified atom stereocenters. The molecule has 1 atom stereocenters. The van der Waals surface area contributed by atoms with Gasteiger partial charge < -0.3 is 10.1 Å². The smallest absolute Gasteiger partial charge is 0.339 e. The lowest BCUT2D eigenvalue weighted by Crippen LogP contribution is -2.29. The van der Waals surface area contributed by atoms with Crippen molar-refractivity contribution in [2.45, 2.75) is 12.3 Å². The number of aromatic nitrogens is 1. The molecule has 2 rings (SSSR count). The van der Waals surface area contributed by atoms with Gasteiger partial charge in [0.05, 0.1) is 17.2 Å². The number of nitrogens with one attached hydrogen (secondary N) is 1. The Morgan fingerprint density at radius 3 is 2.84 bits per heavy atom. The fourth-order valence-corrected chi connectivity index (χ4v) is 2.50. The molecule has 0 radical (unpaired) electrons. The van der Waals surface area contributed by atoms with Crippen molar-refractivity contribution in [1.29, 1.82) is 0 Å². The predicted molar refractivity (Wildman–Crippen MR) is 70.6 cm³/mol. The molecule has 1 aromatic rings. The molecule has 2 heterocycles. The minimum atomic E-state index is -0.741. The normalized spacial score (nSPS) is 18.3. The van der Waals surface area contributed by atoms with Gasteiger partial charge in [0.25, 0.3) is 11.5 Å². The lowest BCUT2D eigenvalue weighted by atomic mass is 10.3. The Kier molecular flexibility index (Phi) is 3.75. The van der Waals surface area contributed by atoms with E-state index in [2.05, 4.69) is 11.9 Å². The van der Waals surface area contributed by atoms with Crippen LogP contribution in [0.4, 0.5) is 0 Å². The number of amides is 1. The summed E-state index contributed by atoms with van der Waals surface area (Å²) in [4.78, 5) is 35.1. The van der Waals surface area contributed by atoms with Crippen LogP contribution in [0.3, 0.4) is 0 Å². The van der Waals surface area contributed by atoms with Crippen LogP contribution in [0, 0.1) is 0 Å². The fraction of sp³-hybridized carbons (Fsp3) is 0.250. The first kappa shape index (κ1) is 13.4. The van der Waals surface area contributed by atoms with Gasteiger partial charge in [0.2, 0.25) is 0 Å². The summed E-state index contributed by atoms with van der Waals surface area (Å²) in [5.74, 6) is -0.864. The quantitative estimate of drug-likeness (QED) is 0.831. The average Bonchev–Trinajstić information content (AvgIpc) is 2.69. The molecule has 7 heteroatoms. The third-order valence-corrected chi connectivity index (χ3v) is 3.49. The van der Waals surface area contributed by atoms with Crippen LogP contribution >= 0.6 is 11.8 Å². The van der Waals surface area contributed by atoms with E-state index in [1.165, 1.54) is 22.9 Å². The van der Waals surface area contributed by atoms with Gasteiger partial charge in [0, 0.05) is 12.3 Å². The average molecular weight is 280 g/mol. The highest BCUT2D eigenvalue weighted by Crippen LogP contribution is 2.33. The SMILES string of the molecule is C=C1NC(=O)C(n2cc(C(=O)OCC)ccc2=O)S1. The number of thioether (sulfide) groups is 1.